The summed E-state index contributed by atoms with van der Waals surface area (Å²) in [7, 11) is 3.42. The van der Waals surface area contributed by atoms with Crippen LogP contribution in [0.15, 0.2) is 65.1 Å². The molecule has 4 aromatic rings. The average molecular weight is 508 g/mol. The highest BCUT2D eigenvalue weighted by atomic mass is 79.9. The summed E-state index contributed by atoms with van der Waals surface area (Å²) < 4.78 is 12.1. The number of rotatable bonds is 9. The van der Waals surface area contributed by atoms with Gasteiger partial charge in [0.15, 0.2) is 0 Å². The number of imidazole rings is 1. The lowest BCUT2D eigenvalue weighted by Crippen LogP contribution is -2.14. The van der Waals surface area contributed by atoms with E-state index in [1.807, 2.05) is 18.2 Å². The van der Waals surface area contributed by atoms with Crippen LogP contribution in [0.2, 0.25) is 0 Å². The number of benzene rings is 3. The summed E-state index contributed by atoms with van der Waals surface area (Å²) in [6.07, 6.45) is 0.798. The molecule has 0 saturated carbocycles. The van der Waals surface area contributed by atoms with Crippen LogP contribution >= 0.6 is 15.9 Å². The van der Waals surface area contributed by atoms with E-state index in [2.05, 4.69) is 82.5 Å². The average Bonchev–Trinajstić information content (AvgIpc) is 3.29. The van der Waals surface area contributed by atoms with E-state index in [0.29, 0.717) is 12.5 Å². The molecule has 0 aliphatic heterocycles. The SMILES string of the molecule is COCCC(Nc1ccccc1)c1cc(OC)c2[nH]c(-c3ccc(C(C)C)cc3)nc2c1Br. The van der Waals surface area contributed by atoms with Crippen molar-refractivity contribution in [2.45, 2.75) is 32.2 Å². The molecule has 0 aliphatic carbocycles. The van der Waals surface area contributed by atoms with Gasteiger partial charge in [-0.15, -0.1) is 0 Å². The third-order valence-electron chi connectivity index (χ3n) is 5.87. The van der Waals surface area contributed by atoms with Crippen molar-refractivity contribution in [1.29, 1.82) is 0 Å². The second-order valence-corrected chi connectivity index (χ2v) is 9.21. The van der Waals surface area contributed by atoms with Gasteiger partial charge in [-0.1, -0.05) is 56.3 Å². The predicted molar refractivity (Wildman–Crippen MR) is 139 cm³/mol. The van der Waals surface area contributed by atoms with Crippen LogP contribution in [0.5, 0.6) is 5.75 Å². The van der Waals surface area contributed by atoms with Gasteiger partial charge in [-0.25, -0.2) is 4.98 Å². The van der Waals surface area contributed by atoms with E-state index in [9.17, 15) is 0 Å². The summed E-state index contributed by atoms with van der Waals surface area (Å²) in [5, 5.41) is 3.64. The molecule has 172 valence electrons. The van der Waals surface area contributed by atoms with Crippen molar-refractivity contribution in [2.75, 3.05) is 26.1 Å². The summed E-state index contributed by atoms with van der Waals surface area (Å²) in [4.78, 5) is 8.42. The fourth-order valence-electron chi connectivity index (χ4n) is 3.98. The largest absolute Gasteiger partial charge is 0.494 e. The minimum absolute atomic E-state index is 0.0190. The summed E-state index contributed by atoms with van der Waals surface area (Å²) in [6.45, 7) is 5.03. The number of hydrogen-bond donors (Lipinski definition) is 2. The number of para-hydroxylation sites is 1. The number of H-pyrrole nitrogens is 1. The molecule has 1 atom stereocenters. The summed E-state index contributed by atoms with van der Waals surface area (Å²) in [6, 6.07) is 20.9. The molecule has 33 heavy (non-hydrogen) atoms. The molecule has 6 heteroatoms. The first kappa shape index (κ1) is 23.3. The summed E-state index contributed by atoms with van der Waals surface area (Å²) >= 11 is 3.85. The van der Waals surface area contributed by atoms with Crippen LogP contribution < -0.4 is 10.1 Å². The zero-order valence-electron chi connectivity index (χ0n) is 19.5. The normalized spacial score (nSPS) is 12.3. The van der Waals surface area contributed by atoms with Crippen molar-refractivity contribution in [3.05, 3.63) is 76.3 Å². The molecule has 1 aromatic heterocycles. The number of nitrogens with one attached hydrogen (secondary N) is 2. The van der Waals surface area contributed by atoms with Gasteiger partial charge < -0.3 is 19.8 Å². The van der Waals surface area contributed by atoms with Crippen LogP contribution in [0, 0.1) is 0 Å². The van der Waals surface area contributed by atoms with Crippen molar-refractivity contribution in [2.24, 2.45) is 0 Å². The fourth-order valence-corrected chi connectivity index (χ4v) is 4.66. The van der Waals surface area contributed by atoms with Crippen LogP contribution in [0.25, 0.3) is 22.4 Å². The molecule has 0 bridgehead atoms. The molecule has 0 radical (unpaired) electrons. The van der Waals surface area contributed by atoms with E-state index in [1.165, 1.54) is 5.56 Å². The standard InChI is InChI=1S/C27H30BrN3O2/c1-17(2)18-10-12-19(13-11-18)27-30-25-23(33-4)16-21(24(28)26(25)31-27)22(14-15-32-3)29-20-8-6-5-7-9-20/h5-13,16-17,22,29H,14-15H2,1-4H3,(H,30,31). The van der Waals surface area contributed by atoms with Crippen molar-refractivity contribution in [3.63, 3.8) is 0 Å². The zero-order chi connectivity index (χ0) is 23.4. The van der Waals surface area contributed by atoms with Gasteiger partial charge in [0.25, 0.3) is 0 Å². The minimum Gasteiger partial charge on any atom is -0.494 e. The number of hydrogen-bond acceptors (Lipinski definition) is 4. The first-order valence-electron chi connectivity index (χ1n) is 11.2. The monoisotopic (exact) mass is 507 g/mol. The molecule has 0 spiro atoms. The van der Waals surface area contributed by atoms with E-state index in [-0.39, 0.29) is 6.04 Å². The smallest absolute Gasteiger partial charge is 0.145 e. The number of aromatic amines is 1. The summed E-state index contributed by atoms with van der Waals surface area (Å²) in [5.74, 6) is 2.08. The Bertz CT molecular complexity index is 1200. The number of ether oxygens (including phenoxy) is 2. The molecule has 0 fully saturated rings. The molecule has 0 aliphatic rings. The Hall–Kier alpha value is -2.83. The minimum atomic E-state index is 0.0190. The first-order valence-corrected chi connectivity index (χ1v) is 12.0. The van der Waals surface area contributed by atoms with Crippen LogP contribution in [-0.2, 0) is 4.74 Å². The number of halogens is 1. The van der Waals surface area contributed by atoms with Crippen molar-refractivity contribution >= 4 is 32.7 Å². The van der Waals surface area contributed by atoms with Crippen molar-refractivity contribution in [1.82, 2.24) is 9.97 Å². The Labute approximate surface area is 203 Å². The topological polar surface area (TPSA) is 59.2 Å². The van der Waals surface area contributed by atoms with Gasteiger partial charge in [-0.3, -0.25) is 0 Å². The predicted octanol–water partition coefficient (Wildman–Crippen LogP) is 7.31. The maximum atomic E-state index is 5.78. The zero-order valence-corrected chi connectivity index (χ0v) is 21.1. The van der Waals surface area contributed by atoms with E-state index in [0.717, 1.165) is 50.3 Å². The fraction of sp³-hybridized carbons (Fsp3) is 0.296. The molecule has 4 rings (SSSR count). The Morgan fingerprint density at radius 3 is 2.39 bits per heavy atom. The highest BCUT2D eigenvalue weighted by Gasteiger charge is 2.22. The molecule has 3 aromatic carbocycles. The number of fused-ring (bicyclic) bond motifs is 1. The van der Waals surface area contributed by atoms with Gasteiger partial charge in [0, 0.05) is 25.0 Å². The maximum Gasteiger partial charge on any atom is 0.145 e. The Morgan fingerprint density at radius 1 is 1.03 bits per heavy atom. The molecule has 1 heterocycles. The number of nitrogens with zero attached hydrogens (tertiary/aromatic N) is 1. The van der Waals surface area contributed by atoms with Crippen molar-refractivity contribution < 1.29 is 9.47 Å². The van der Waals surface area contributed by atoms with Gasteiger partial charge in [0.2, 0.25) is 0 Å². The molecule has 0 saturated heterocycles. The highest BCUT2D eigenvalue weighted by Crippen LogP contribution is 2.39. The lowest BCUT2D eigenvalue weighted by molar-refractivity contribution is 0.190. The second-order valence-electron chi connectivity index (χ2n) is 8.41. The highest BCUT2D eigenvalue weighted by molar-refractivity contribution is 9.10. The van der Waals surface area contributed by atoms with Gasteiger partial charge in [0.1, 0.15) is 22.6 Å². The van der Waals surface area contributed by atoms with E-state index >= 15 is 0 Å². The molecule has 2 N–H and O–H groups in total. The third-order valence-corrected chi connectivity index (χ3v) is 6.70. The van der Waals surface area contributed by atoms with E-state index in [4.69, 9.17) is 14.5 Å². The van der Waals surface area contributed by atoms with Gasteiger partial charge >= 0.3 is 0 Å². The van der Waals surface area contributed by atoms with Crippen LogP contribution in [0.4, 0.5) is 5.69 Å². The number of aromatic nitrogens is 2. The Morgan fingerprint density at radius 2 is 1.76 bits per heavy atom. The van der Waals surface area contributed by atoms with Gasteiger partial charge in [0.05, 0.1) is 17.6 Å². The Balaban J connectivity index is 1.77. The third kappa shape index (κ3) is 5.07. The lowest BCUT2D eigenvalue weighted by Gasteiger charge is -2.22. The van der Waals surface area contributed by atoms with E-state index < -0.39 is 0 Å². The Kier molecular flexibility index (Phi) is 7.36. The molecular weight excluding hydrogens is 478 g/mol. The van der Waals surface area contributed by atoms with Crippen molar-refractivity contribution in [3.8, 4) is 17.1 Å². The quantitative estimate of drug-likeness (QED) is 0.249. The lowest BCUT2D eigenvalue weighted by atomic mass is 10.0. The van der Waals surface area contributed by atoms with E-state index in [1.54, 1.807) is 14.2 Å². The first-order chi connectivity index (χ1) is 16.0. The maximum absolute atomic E-state index is 5.78. The molecule has 5 nitrogen and oxygen atoms in total. The summed E-state index contributed by atoms with van der Waals surface area (Å²) in [5.41, 5.74) is 6.21. The molecule has 0 amide bonds. The van der Waals surface area contributed by atoms with Gasteiger partial charge in [-0.05, 0) is 57.6 Å². The number of methoxy groups -OCH3 is 2. The van der Waals surface area contributed by atoms with Crippen LogP contribution in [0.1, 0.15) is 43.4 Å². The molecule has 1 unspecified atom stereocenters. The van der Waals surface area contributed by atoms with Crippen LogP contribution in [-0.4, -0.2) is 30.8 Å². The second kappa shape index (κ2) is 10.4. The van der Waals surface area contributed by atoms with Crippen LogP contribution in [0.3, 0.4) is 0 Å². The molecular formula is C27H30BrN3O2. The number of anilines is 1. The van der Waals surface area contributed by atoms with Gasteiger partial charge in [-0.2, -0.15) is 0 Å².